The predicted octanol–water partition coefficient (Wildman–Crippen LogP) is 6.18. The number of pyridine rings is 1. The van der Waals surface area contributed by atoms with Crippen LogP contribution in [0.25, 0.3) is 0 Å². The van der Waals surface area contributed by atoms with Crippen LogP contribution in [0.15, 0.2) is 54.9 Å². The van der Waals surface area contributed by atoms with E-state index in [4.69, 9.17) is 14.2 Å². The standard InChI is InChI=1S/C35H39F7N4O6/c1-34(2,3)52-33(49)46-16-26(50-17-25(46)18-51-32(48)44-19-35(40,41)42)8-9-27-29(39)14-43-15-30(27)45-31(47)13-28(20-4-6-22(36)7-5-20)21-10-23(37)12-24(38)11-21/h4-7,10-12,14-15,25-26,28,33,49H,8-9,13,16-19H2,1-3H3,(H,44,48)(H,45,47)/t25-,26+,28-,33?/m0/s1. The first-order valence-electron chi connectivity index (χ1n) is 16.2. The lowest BCUT2D eigenvalue weighted by molar-refractivity contribution is -0.271. The molecule has 52 heavy (non-hydrogen) atoms. The molecular weight excluding hydrogens is 705 g/mol. The van der Waals surface area contributed by atoms with Crippen molar-refractivity contribution in [1.82, 2.24) is 15.2 Å². The van der Waals surface area contributed by atoms with Gasteiger partial charge in [-0.1, -0.05) is 12.1 Å². The number of benzene rings is 2. The Hall–Kier alpha value is -4.32. The van der Waals surface area contributed by atoms with Gasteiger partial charge in [-0.25, -0.2) is 27.3 Å². The summed E-state index contributed by atoms with van der Waals surface area (Å²) >= 11 is 0. The zero-order valence-electron chi connectivity index (χ0n) is 28.5. The van der Waals surface area contributed by atoms with Crippen LogP contribution in [0, 0.1) is 23.3 Å². The molecule has 0 bridgehead atoms. The lowest BCUT2D eigenvalue weighted by Gasteiger charge is -2.42. The maximum Gasteiger partial charge on any atom is 0.407 e. The molecule has 0 aliphatic carbocycles. The minimum Gasteiger partial charge on any atom is -0.448 e. The molecule has 10 nitrogen and oxygen atoms in total. The number of hydrogen-bond acceptors (Lipinski definition) is 8. The number of aliphatic hydroxyl groups is 1. The Morgan fingerprint density at radius 3 is 2.31 bits per heavy atom. The highest BCUT2D eigenvalue weighted by Gasteiger charge is 2.37. The summed E-state index contributed by atoms with van der Waals surface area (Å²) in [5, 5.41) is 15.1. The topological polar surface area (TPSA) is 122 Å². The Morgan fingerprint density at radius 2 is 1.67 bits per heavy atom. The number of morpholine rings is 1. The molecule has 2 amide bonds. The SMILES string of the molecule is CC(C)(C)OC(O)N1C[C@@H](CCc2c(F)cncc2NC(=O)C[C@@H](c2ccc(F)cc2)c2cc(F)cc(F)c2)OC[C@H]1COC(=O)NCC(F)(F)F. The minimum absolute atomic E-state index is 0.00376. The fourth-order valence-corrected chi connectivity index (χ4v) is 5.56. The third kappa shape index (κ3) is 12.4. The van der Waals surface area contributed by atoms with E-state index >= 15 is 4.39 Å². The van der Waals surface area contributed by atoms with Crippen molar-refractivity contribution >= 4 is 17.7 Å². The number of halogens is 7. The number of ether oxygens (including phenoxy) is 3. The molecule has 1 aliphatic heterocycles. The van der Waals surface area contributed by atoms with Crippen molar-refractivity contribution in [3.63, 3.8) is 0 Å². The van der Waals surface area contributed by atoms with Crippen LogP contribution in [-0.2, 0) is 25.4 Å². The summed E-state index contributed by atoms with van der Waals surface area (Å²) in [6.45, 7) is 2.85. The molecular formula is C35H39F7N4O6. The molecule has 3 N–H and O–H groups in total. The van der Waals surface area contributed by atoms with Crippen molar-refractivity contribution in [1.29, 1.82) is 0 Å². The Bertz CT molecular complexity index is 1650. The van der Waals surface area contributed by atoms with Gasteiger partial charge in [-0.3, -0.25) is 9.78 Å². The van der Waals surface area contributed by atoms with Crippen molar-refractivity contribution < 1.29 is 59.6 Å². The summed E-state index contributed by atoms with van der Waals surface area (Å²) in [6.07, 6.45) is -6.18. The van der Waals surface area contributed by atoms with E-state index in [1.165, 1.54) is 23.2 Å². The van der Waals surface area contributed by atoms with E-state index in [1.807, 2.05) is 0 Å². The smallest absolute Gasteiger partial charge is 0.407 e. The number of carbonyl (C=O) groups is 2. The van der Waals surface area contributed by atoms with Gasteiger partial charge in [0.15, 0.2) is 0 Å². The summed E-state index contributed by atoms with van der Waals surface area (Å²) in [7, 11) is 0. The van der Waals surface area contributed by atoms with Gasteiger partial charge in [0.2, 0.25) is 12.3 Å². The van der Waals surface area contributed by atoms with Crippen LogP contribution in [0.2, 0.25) is 0 Å². The van der Waals surface area contributed by atoms with E-state index in [1.54, 1.807) is 26.1 Å². The van der Waals surface area contributed by atoms with Crippen LogP contribution in [0.4, 0.5) is 41.2 Å². The van der Waals surface area contributed by atoms with Crippen LogP contribution < -0.4 is 10.6 Å². The number of hydrogen-bond donors (Lipinski definition) is 3. The maximum absolute atomic E-state index is 15.2. The summed E-state index contributed by atoms with van der Waals surface area (Å²) in [6, 6.07) is 7.07. The molecule has 0 spiro atoms. The number of alkyl halides is 3. The Labute approximate surface area is 295 Å². The molecule has 284 valence electrons. The molecule has 0 radical (unpaired) electrons. The number of aromatic nitrogens is 1. The van der Waals surface area contributed by atoms with Crippen molar-refractivity contribution in [2.24, 2.45) is 0 Å². The average Bonchev–Trinajstić information content (AvgIpc) is 3.04. The maximum atomic E-state index is 15.2. The molecule has 1 aromatic heterocycles. The summed E-state index contributed by atoms with van der Waals surface area (Å²) in [4.78, 5) is 30.4. The number of aliphatic hydroxyl groups excluding tert-OH is 1. The highest BCUT2D eigenvalue weighted by molar-refractivity contribution is 5.92. The molecule has 1 unspecified atom stereocenters. The molecule has 2 heterocycles. The van der Waals surface area contributed by atoms with Gasteiger partial charge in [0.05, 0.1) is 42.4 Å². The third-order valence-electron chi connectivity index (χ3n) is 7.93. The highest BCUT2D eigenvalue weighted by atomic mass is 19.4. The van der Waals surface area contributed by atoms with Gasteiger partial charge in [-0.2, -0.15) is 13.2 Å². The number of nitrogens with zero attached hydrogens (tertiary/aromatic N) is 2. The van der Waals surface area contributed by atoms with Crippen LogP contribution in [0.1, 0.15) is 56.2 Å². The van der Waals surface area contributed by atoms with Crippen molar-refractivity contribution in [3.8, 4) is 0 Å². The molecule has 2 aromatic carbocycles. The lowest BCUT2D eigenvalue weighted by Crippen LogP contribution is -2.58. The normalized spacial score (nSPS) is 18.1. The first kappa shape index (κ1) is 40.5. The third-order valence-corrected chi connectivity index (χ3v) is 7.93. The van der Waals surface area contributed by atoms with Gasteiger partial charge in [-0.15, -0.1) is 0 Å². The highest BCUT2D eigenvalue weighted by Crippen LogP contribution is 2.31. The van der Waals surface area contributed by atoms with E-state index in [9.17, 15) is 41.0 Å². The lowest BCUT2D eigenvalue weighted by atomic mass is 9.88. The molecule has 1 aliphatic rings. The molecule has 3 aromatic rings. The molecule has 1 saturated heterocycles. The number of nitrogens with one attached hydrogen (secondary N) is 2. The largest absolute Gasteiger partial charge is 0.448 e. The van der Waals surface area contributed by atoms with Gasteiger partial charge in [-0.05, 0) is 69.0 Å². The Kier molecular flexibility index (Phi) is 13.6. The summed E-state index contributed by atoms with van der Waals surface area (Å²) in [5.41, 5.74) is -0.213. The van der Waals surface area contributed by atoms with Gasteiger partial charge >= 0.3 is 12.3 Å². The molecule has 1 fully saturated rings. The molecule has 4 rings (SSSR count). The van der Waals surface area contributed by atoms with Crippen LogP contribution >= 0.6 is 0 Å². The van der Waals surface area contributed by atoms with E-state index in [0.29, 0.717) is 11.6 Å². The van der Waals surface area contributed by atoms with Gasteiger partial charge < -0.3 is 30.0 Å². The van der Waals surface area contributed by atoms with E-state index in [2.05, 4.69) is 10.3 Å². The minimum atomic E-state index is -4.64. The number of carbonyl (C=O) groups excluding carboxylic acids is 2. The second kappa shape index (κ2) is 17.5. The first-order chi connectivity index (χ1) is 24.4. The summed E-state index contributed by atoms with van der Waals surface area (Å²) < 4.78 is 111. The van der Waals surface area contributed by atoms with Gasteiger partial charge in [0.25, 0.3) is 0 Å². The van der Waals surface area contributed by atoms with Gasteiger partial charge in [0, 0.05) is 30.5 Å². The average molecular weight is 745 g/mol. The monoisotopic (exact) mass is 744 g/mol. The van der Waals surface area contributed by atoms with E-state index in [0.717, 1.165) is 30.5 Å². The van der Waals surface area contributed by atoms with Crippen LogP contribution in [-0.4, -0.2) is 83.6 Å². The van der Waals surface area contributed by atoms with Gasteiger partial charge in [0.1, 0.15) is 36.4 Å². The van der Waals surface area contributed by atoms with Crippen molar-refractivity contribution in [3.05, 3.63) is 94.8 Å². The predicted molar refractivity (Wildman–Crippen MR) is 173 cm³/mol. The molecule has 4 atom stereocenters. The number of alkyl carbamates (subject to hydrolysis) is 1. The number of rotatable bonds is 13. The number of anilines is 1. The van der Waals surface area contributed by atoms with Crippen molar-refractivity contribution in [2.45, 2.75) is 76.3 Å². The quantitative estimate of drug-likeness (QED) is 0.140. The second-order valence-electron chi connectivity index (χ2n) is 13.2. The van der Waals surface area contributed by atoms with E-state index < -0.39 is 84.7 Å². The Balaban J connectivity index is 1.45. The van der Waals surface area contributed by atoms with Crippen molar-refractivity contribution in [2.75, 3.05) is 31.6 Å². The fourth-order valence-electron chi connectivity index (χ4n) is 5.56. The van der Waals surface area contributed by atoms with Crippen LogP contribution in [0.3, 0.4) is 0 Å². The van der Waals surface area contributed by atoms with E-state index in [-0.39, 0.29) is 49.2 Å². The summed E-state index contributed by atoms with van der Waals surface area (Å²) in [5.74, 6) is -4.59. The fraction of sp³-hybridized carbons (Fsp3) is 0.457. The first-order valence-corrected chi connectivity index (χ1v) is 16.2. The second-order valence-corrected chi connectivity index (χ2v) is 13.2. The molecule has 0 saturated carbocycles. The zero-order valence-corrected chi connectivity index (χ0v) is 28.5. The van der Waals surface area contributed by atoms with Crippen LogP contribution in [0.5, 0.6) is 0 Å². The molecule has 17 heteroatoms. The Morgan fingerprint density at radius 1 is 1.00 bits per heavy atom. The number of amides is 2. The zero-order chi connectivity index (χ0) is 38.2.